The van der Waals surface area contributed by atoms with Gasteiger partial charge in [0.15, 0.2) is 0 Å². The Kier molecular flexibility index (Phi) is 4.12. The van der Waals surface area contributed by atoms with E-state index in [1.165, 1.54) is 17.1 Å². The topological polar surface area (TPSA) is 75.4 Å². The van der Waals surface area contributed by atoms with Crippen molar-refractivity contribution in [2.75, 3.05) is 6.61 Å². The molecule has 1 fully saturated rings. The maximum absolute atomic E-state index is 12.8. The number of hydrogen-bond donors (Lipinski definition) is 1. The van der Waals surface area contributed by atoms with E-state index in [4.69, 9.17) is 5.11 Å². The van der Waals surface area contributed by atoms with Crippen molar-refractivity contribution in [3.63, 3.8) is 0 Å². The van der Waals surface area contributed by atoms with E-state index in [2.05, 4.69) is 5.10 Å². The molecule has 21 heavy (non-hydrogen) atoms. The smallest absolute Gasteiger partial charge is 0.246 e. The molecule has 0 unspecified atom stereocenters. The molecule has 1 aliphatic carbocycles. The van der Waals surface area contributed by atoms with Crippen LogP contribution in [-0.2, 0) is 23.1 Å². The first kappa shape index (κ1) is 14.7. The Balaban J connectivity index is 1.85. The zero-order chi connectivity index (χ0) is 14.9. The highest BCUT2D eigenvalue weighted by molar-refractivity contribution is 7.89. The highest BCUT2D eigenvalue weighted by atomic mass is 32.2. The van der Waals surface area contributed by atoms with Crippen molar-refractivity contribution in [1.82, 2.24) is 14.1 Å². The van der Waals surface area contributed by atoms with Crippen molar-refractivity contribution in [2.24, 2.45) is 0 Å². The maximum atomic E-state index is 12.8. The van der Waals surface area contributed by atoms with Gasteiger partial charge in [-0.05, 0) is 24.3 Å². The summed E-state index contributed by atoms with van der Waals surface area (Å²) in [6.07, 6.45) is 4.66. The van der Waals surface area contributed by atoms with Gasteiger partial charge >= 0.3 is 0 Å². The van der Waals surface area contributed by atoms with Crippen LogP contribution in [0.1, 0.15) is 17.7 Å². The minimum atomic E-state index is -3.54. The average molecular weight is 327 g/mol. The Labute approximate surface area is 127 Å². The first-order chi connectivity index (χ1) is 10.1. The Morgan fingerprint density at radius 3 is 2.90 bits per heavy atom. The Bertz CT molecular complexity index is 690. The molecule has 0 radical (unpaired) electrons. The van der Waals surface area contributed by atoms with Crippen LogP contribution in [0.2, 0.25) is 0 Å². The predicted molar refractivity (Wildman–Crippen MR) is 79.4 cm³/mol. The second kappa shape index (κ2) is 5.88. The van der Waals surface area contributed by atoms with Crippen molar-refractivity contribution < 1.29 is 13.5 Å². The standard InChI is InChI=1S/C13H17N3O3S2/c17-6-5-15-10-13(8-14-15)21(18,19)16(11-3-4-11)9-12-2-1-7-20-12/h1-2,7-8,10-11,17H,3-6,9H2. The predicted octanol–water partition coefficient (Wildman–Crippen LogP) is 1.29. The lowest BCUT2D eigenvalue weighted by Crippen LogP contribution is -2.32. The number of aliphatic hydroxyl groups excluding tert-OH is 1. The van der Waals surface area contributed by atoms with Gasteiger partial charge in [0.05, 0.1) is 19.3 Å². The number of aliphatic hydroxyl groups is 1. The van der Waals surface area contributed by atoms with E-state index in [1.807, 2.05) is 17.5 Å². The Hall–Kier alpha value is -1.22. The van der Waals surface area contributed by atoms with Crippen LogP contribution in [0.15, 0.2) is 34.8 Å². The molecule has 3 rings (SSSR count). The molecule has 1 aliphatic rings. The van der Waals surface area contributed by atoms with Gasteiger partial charge in [-0.1, -0.05) is 6.07 Å². The summed E-state index contributed by atoms with van der Waals surface area (Å²) in [7, 11) is -3.54. The van der Waals surface area contributed by atoms with Gasteiger partial charge in [-0.25, -0.2) is 8.42 Å². The van der Waals surface area contributed by atoms with E-state index in [9.17, 15) is 8.42 Å². The Morgan fingerprint density at radius 2 is 2.29 bits per heavy atom. The largest absolute Gasteiger partial charge is 0.394 e. The third kappa shape index (κ3) is 3.18. The molecule has 0 aromatic carbocycles. The molecule has 1 N–H and O–H groups in total. The summed E-state index contributed by atoms with van der Waals surface area (Å²) in [6.45, 7) is 0.641. The van der Waals surface area contributed by atoms with Crippen LogP contribution in [0, 0.1) is 0 Å². The van der Waals surface area contributed by atoms with E-state index in [0.717, 1.165) is 17.7 Å². The van der Waals surface area contributed by atoms with Gasteiger partial charge < -0.3 is 5.11 Å². The van der Waals surface area contributed by atoms with Crippen LogP contribution in [-0.4, -0.2) is 40.3 Å². The Morgan fingerprint density at radius 1 is 1.48 bits per heavy atom. The van der Waals surface area contributed by atoms with Crippen LogP contribution in [0.25, 0.3) is 0 Å². The summed E-state index contributed by atoms with van der Waals surface area (Å²) in [5.74, 6) is 0. The molecular weight excluding hydrogens is 310 g/mol. The molecule has 0 bridgehead atoms. The first-order valence-corrected chi connectivity index (χ1v) is 9.11. The second-order valence-corrected chi connectivity index (χ2v) is 7.95. The highest BCUT2D eigenvalue weighted by Gasteiger charge is 2.38. The van der Waals surface area contributed by atoms with Gasteiger partial charge in [-0.3, -0.25) is 4.68 Å². The van der Waals surface area contributed by atoms with Gasteiger partial charge in [0.1, 0.15) is 4.90 Å². The summed E-state index contributed by atoms with van der Waals surface area (Å²) >= 11 is 1.56. The van der Waals surface area contributed by atoms with Crippen LogP contribution in [0.5, 0.6) is 0 Å². The van der Waals surface area contributed by atoms with Crippen LogP contribution < -0.4 is 0 Å². The van der Waals surface area contributed by atoms with Crippen molar-refractivity contribution in [3.05, 3.63) is 34.8 Å². The third-order valence-electron chi connectivity index (χ3n) is 3.39. The highest BCUT2D eigenvalue weighted by Crippen LogP contribution is 2.34. The van der Waals surface area contributed by atoms with E-state index >= 15 is 0 Å². The molecule has 2 heterocycles. The number of thiophene rings is 1. The lowest BCUT2D eigenvalue weighted by molar-refractivity contribution is 0.269. The molecule has 0 aliphatic heterocycles. The summed E-state index contributed by atoms with van der Waals surface area (Å²) < 4.78 is 28.6. The summed E-state index contributed by atoms with van der Waals surface area (Å²) in [5, 5.41) is 14.8. The number of sulfonamides is 1. The van der Waals surface area contributed by atoms with Crippen LogP contribution >= 0.6 is 11.3 Å². The van der Waals surface area contributed by atoms with Crippen molar-refractivity contribution in [2.45, 2.75) is 36.9 Å². The third-order valence-corrected chi connectivity index (χ3v) is 6.10. The minimum absolute atomic E-state index is 0.0668. The number of aromatic nitrogens is 2. The molecule has 0 saturated heterocycles. The van der Waals surface area contributed by atoms with Crippen molar-refractivity contribution in [3.8, 4) is 0 Å². The van der Waals surface area contributed by atoms with Gasteiger partial charge in [0.2, 0.25) is 10.0 Å². The quantitative estimate of drug-likeness (QED) is 0.831. The van der Waals surface area contributed by atoms with E-state index in [0.29, 0.717) is 13.1 Å². The zero-order valence-corrected chi connectivity index (χ0v) is 13.1. The summed E-state index contributed by atoms with van der Waals surface area (Å²) in [5.41, 5.74) is 0. The van der Waals surface area contributed by atoms with Gasteiger partial charge in [0.25, 0.3) is 0 Å². The second-order valence-electron chi connectivity index (χ2n) is 5.02. The normalized spacial score (nSPS) is 15.7. The molecule has 0 amide bonds. The molecule has 0 atom stereocenters. The lowest BCUT2D eigenvalue weighted by atomic mass is 10.4. The van der Waals surface area contributed by atoms with Crippen molar-refractivity contribution >= 4 is 21.4 Å². The van der Waals surface area contributed by atoms with E-state index in [-0.39, 0.29) is 17.5 Å². The fourth-order valence-electron chi connectivity index (χ4n) is 2.17. The first-order valence-electron chi connectivity index (χ1n) is 6.79. The van der Waals surface area contributed by atoms with Crippen LogP contribution in [0.4, 0.5) is 0 Å². The fourth-order valence-corrected chi connectivity index (χ4v) is 4.57. The molecule has 2 aromatic heterocycles. The fraction of sp³-hybridized carbons (Fsp3) is 0.462. The maximum Gasteiger partial charge on any atom is 0.246 e. The van der Waals surface area contributed by atoms with Gasteiger partial charge in [-0.2, -0.15) is 9.40 Å². The van der Waals surface area contributed by atoms with Crippen LogP contribution in [0.3, 0.4) is 0 Å². The van der Waals surface area contributed by atoms with Gasteiger partial charge in [-0.15, -0.1) is 11.3 Å². The lowest BCUT2D eigenvalue weighted by Gasteiger charge is -2.20. The monoisotopic (exact) mass is 327 g/mol. The average Bonchev–Trinajstić information content (AvgIpc) is 2.96. The molecule has 0 spiro atoms. The van der Waals surface area contributed by atoms with E-state index in [1.54, 1.807) is 15.6 Å². The van der Waals surface area contributed by atoms with Gasteiger partial charge in [0, 0.05) is 23.7 Å². The summed E-state index contributed by atoms with van der Waals surface area (Å²) in [4.78, 5) is 1.23. The zero-order valence-electron chi connectivity index (χ0n) is 11.4. The van der Waals surface area contributed by atoms with E-state index < -0.39 is 10.0 Å². The molecule has 8 heteroatoms. The molecule has 1 saturated carbocycles. The SMILES string of the molecule is O=S(=O)(c1cnn(CCO)c1)N(Cc1cccs1)C1CC1. The molecule has 6 nitrogen and oxygen atoms in total. The molecular formula is C13H17N3O3S2. The molecule has 114 valence electrons. The minimum Gasteiger partial charge on any atom is -0.394 e. The number of rotatable bonds is 7. The number of hydrogen-bond acceptors (Lipinski definition) is 5. The number of nitrogens with zero attached hydrogens (tertiary/aromatic N) is 3. The van der Waals surface area contributed by atoms with Crippen molar-refractivity contribution in [1.29, 1.82) is 0 Å². The molecule has 2 aromatic rings. The summed E-state index contributed by atoms with van der Waals surface area (Å²) in [6, 6.07) is 3.97.